The van der Waals surface area contributed by atoms with E-state index in [-0.39, 0.29) is 29.5 Å². The maximum Gasteiger partial charge on any atom is 0.333 e. The lowest BCUT2D eigenvalue weighted by molar-refractivity contribution is -0.135. The summed E-state index contributed by atoms with van der Waals surface area (Å²) in [4.78, 5) is 49.4. The second-order valence-corrected chi connectivity index (χ2v) is 16.6. The molecule has 7 heteroatoms. The van der Waals surface area contributed by atoms with Gasteiger partial charge in [-0.15, -0.1) is 0 Å². The molecule has 8 rings (SSSR count). The van der Waals surface area contributed by atoms with Crippen molar-refractivity contribution in [1.29, 1.82) is 0 Å². The van der Waals surface area contributed by atoms with Gasteiger partial charge >= 0.3 is 6.03 Å². The molecule has 3 heterocycles. The fourth-order valence-corrected chi connectivity index (χ4v) is 10.1. The molecule has 3 aliphatic heterocycles. The van der Waals surface area contributed by atoms with E-state index in [2.05, 4.69) is 148 Å². The minimum Gasteiger partial charge on any atom is -0.344 e. The van der Waals surface area contributed by atoms with E-state index in [1.807, 2.05) is 0 Å². The number of hydrogen-bond donors (Lipinski definition) is 0. The minimum atomic E-state index is -0.553. The number of likely N-dealkylation sites (N-methyl/N-ethyl adjacent to an activating group) is 4. The summed E-state index contributed by atoms with van der Waals surface area (Å²) in [5.41, 5.74) is 9.42. The monoisotopic (exact) mass is 758 g/mol. The standard InChI is InChI=1S/C50H54N4O3/c1-9-51-38-28-24-32-18-13-15-22-36(32)44(38)49(5,6)40(51)30-26-34-20-17-21-35(42(34)43-46(55)53(11-3)48(57)54(12-4)47(43)56)27-31-41-50(7,8)45-37-23-16-14-19-33(37)25-29-39(45)52(41)10-2/h13-16,18-19,22-31H,9-12,17,20-21H2,1-8H3/b34-26+,35-27+,40-30-,41-31+. The van der Waals surface area contributed by atoms with E-state index in [0.29, 0.717) is 18.4 Å². The van der Waals surface area contributed by atoms with Crippen LogP contribution in [0.3, 0.4) is 0 Å². The zero-order valence-electron chi connectivity index (χ0n) is 34.7. The number of barbiturate groups is 1. The zero-order chi connectivity index (χ0) is 40.4. The van der Waals surface area contributed by atoms with Gasteiger partial charge in [-0.25, -0.2) is 4.79 Å². The van der Waals surface area contributed by atoms with Crippen LogP contribution in [0.2, 0.25) is 0 Å². The quantitative estimate of drug-likeness (QED) is 0.145. The van der Waals surface area contributed by atoms with Gasteiger partial charge in [-0.05, 0) is 121 Å². The number of nitrogens with zero attached hydrogens (tertiary/aromatic N) is 4. The Morgan fingerprint density at radius 3 is 1.32 bits per heavy atom. The molecule has 0 unspecified atom stereocenters. The molecule has 2 fully saturated rings. The topological polar surface area (TPSA) is 64.2 Å². The highest BCUT2D eigenvalue weighted by Crippen LogP contribution is 2.52. The maximum atomic E-state index is 14.4. The molecule has 7 nitrogen and oxygen atoms in total. The number of urea groups is 1. The van der Waals surface area contributed by atoms with E-state index in [4.69, 9.17) is 0 Å². The van der Waals surface area contributed by atoms with Gasteiger partial charge in [-0.1, -0.05) is 101 Å². The molecule has 1 saturated carbocycles. The van der Waals surface area contributed by atoms with Crippen LogP contribution in [0.1, 0.15) is 85.8 Å². The van der Waals surface area contributed by atoms with Gasteiger partial charge in [0.2, 0.25) is 0 Å². The van der Waals surface area contributed by atoms with Crippen LogP contribution in [-0.4, -0.2) is 53.8 Å². The van der Waals surface area contributed by atoms with Crippen LogP contribution >= 0.6 is 0 Å². The van der Waals surface area contributed by atoms with Gasteiger partial charge in [0, 0.05) is 59.8 Å². The first-order chi connectivity index (χ1) is 27.4. The molecule has 4 aromatic carbocycles. The van der Waals surface area contributed by atoms with Crippen molar-refractivity contribution in [3.05, 3.63) is 142 Å². The Bertz CT molecular complexity index is 2360. The number of imide groups is 2. The Kier molecular flexibility index (Phi) is 9.62. The number of amides is 4. The van der Waals surface area contributed by atoms with Crippen molar-refractivity contribution < 1.29 is 14.4 Å². The predicted molar refractivity (Wildman–Crippen MR) is 233 cm³/mol. The molecule has 292 valence electrons. The van der Waals surface area contributed by atoms with Crippen molar-refractivity contribution >= 4 is 50.8 Å². The highest BCUT2D eigenvalue weighted by atomic mass is 16.2. The molecule has 0 N–H and O–H groups in total. The highest BCUT2D eigenvalue weighted by Gasteiger charge is 2.45. The Morgan fingerprint density at radius 1 is 0.509 bits per heavy atom. The van der Waals surface area contributed by atoms with Crippen LogP contribution in [0.25, 0.3) is 21.5 Å². The molecule has 0 aromatic heterocycles. The molecule has 4 amide bonds. The number of carbonyl (C=O) groups excluding carboxylic acids is 3. The lowest BCUT2D eigenvalue weighted by Gasteiger charge is -2.35. The first-order valence-electron chi connectivity index (χ1n) is 20.7. The van der Waals surface area contributed by atoms with Crippen LogP contribution in [0.5, 0.6) is 0 Å². The predicted octanol–water partition coefficient (Wildman–Crippen LogP) is 10.9. The summed E-state index contributed by atoms with van der Waals surface area (Å²) in [7, 11) is 0. The molecule has 4 aliphatic rings. The highest BCUT2D eigenvalue weighted by molar-refractivity contribution is 6.29. The van der Waals surface area contributed by atoms with Gasteiger partial charge in [0.25, 0.3) is 11.8 Å². The summed E-state index contributed by atoms with van der Waals surface area (Å²) < 4.78 is 0. The lowest BCUT2D eigenvalue weighted by atomic mass is 9.78. The first-order valence-corrected chi connectivity index (χ1v) is 20.7. The number of anilines is 2. The van der Waals surface area contributed by atoms with Crippen molar-refractivity contribution in [2.45, 2.75) is 85.5 Å². The van der Waals surface area contributed by atoms with Gasteiger partial charge in [0.15, 0.2) is 0 Å². The number of carbonyl (C=O) groups is 3. The first kappa shape index (κ1) is 38.2. The van der Waals surface area contributed by atoms with Crippen molar-refractivity contribution in [1.82, 2.24) is 9.80 Å². The number of hydrogen-bond acceptors (Lipinski definition) is 5. The number of fused-ring (bicyclic) bond motifs is 6. The van der Waals surface area contributed by atoms with E-state index >= 15 is 0 Å². The number of rotatable bonds is 6. The SMILES string of the molecule is CCN1C(=O)C(=C2/C(=C/C=C3\N(CC)c4ccc5ccccc5c4C3(C)C)CCC/C2=C\C=C2\N(CC)c3ccc4ccccc4c3C2(C)C)C(=O)N(CC)C1=O. The van der Waals surface area contributed by atoms with Gasteiger partial charge < -0.3 is 9.80 Å². The third-order valence-corrected chi connectivity index (χ3v) is 12.8. The average molecular weight is 759 g/mol. The summed E-state index contributed by atoms with van der Waals surface area (Å²) in [6.45, 7) is 19.1. The lowest BCUT2D eigenvalue weighted by Crippen LogP contribution is -2.56. The third kappa shape index (κ3) is 5.80. The van der Waals surface area contributed by atoms with Crippen molar-refractivity contribution in [2.24, 2.45) is 0 Å². The summed E-state index contributed by atoms with van der Waals surface area (Å²) >= 11 is 0. The fourth-order valence-electron chi connectivity index (χ4n) is 10.1. The smallest absolute Gasteiger partial charge is 0.333 e. The summed E-state index contributed by atoms with van der Waals surface area (Å²) in [6.07, 6.45) is 11.0. The summed E-state index contributed by atoms with van der Waals surface area (Å²) in [5, 5.41) is 4.94. The number of allylic oxidation sites excluding steroid dienone is 9. The molecule has 0 radical (unpaired) electrons. The summed E-state index contributed by atoms with van der Waals surface area (Å²) in [5.74, 6) is -1.03. The third-order valence-electron chi connectivity index (χ3n) is 12.8. The summed E-state index contributed by atoms with van der Waals surface area (Å²) in [6, 6.07) is 25.5. The van der Waals surface area contributed by atoms with Gasteiger partial charge in [0.1, 0.15) is 5.57 Å². The Morgan fingerprint density at radius 2 is 0.912 bits per heavy atom. The molecule has 4 aromatic rings. The van der Waals surface area contributed by atoms with Crippen LogP contribution in [-0.2, 0) is 20.4 Å². The molecule has 0 spiro atoms. The van der Waals surface area contributed by atoms with Crippen LogP contribution in [0, 0.1) is 0 Å². The normalized spacial score (nSPS) is 22.1. The Labute approximate surface area is 337 Å². The maximum absolute atomic E-state index is 14.4. The second kappa shape index (κ2) is 14.4. The molecule has 57 heavy (non-hydrogen) atoms. The van der Waals surface area contributed by atoms with E-state index in [9.17, 15) is 14.4 Å². The Hall–Kier alpha value is -5.69. The van der Waals surface area contributed by atoms with Crippen LogP contribution < -0.4 is 9.80 Å². The van der Waals surface area contributed by atoms with Gasteiger partial charge in [-0.3, -0.25) is 19.4 Å². The average Bonchev–Trinajstić information content (AvgIpc) is 3.57. The molecular formula is C50H54N4O3. The van der Waals surface area contributed by atoms with Gasteiger partial charge in [0.05, 0.1) is 0 Å². The largest absolute Gasteiger partial charge is 0.344 e. The van der Waals surface area contributed by atoms with E-state index in [1.54, 1.807) is 13.8 Å². The zero-order valence-corrected chi connectivity index (χ0v) is 34.7. The Balaban J connectivity index is 1.31. The van der Waals surface area contributed by atoms with E-state index in [1.165, 1.54) is 65.2 Å². The molecule has 0 bridgehead atoms. The van der Waals surface area contributed by atoms with Crippen molar-refractivity contribution in [3.8, 4) is 0 Å². The van der Waals surface area contributed by atoms with Crippen LogP contribution in [0.4, 0.5) is 16.2 Å². The van der Waals surface area contributed by atoms with E-state index < -0.39 is 17.8 Å². The van der Waals surface area contributed by atoms with E-state index in [0.717, 1.165) is 30.7 Å². The van der Waals surface area contributed by atoms with Crippen molar-refractivity contribution in [3.63, 3.8) is 0 Å². The van der Waals surface area contributed by atoms with Crippen molar-refractivity contribution in [2.75, 3.05) is 36.0 Å². The second-order valence-electron chi connectivity index (χ2n) is 16.6. The minimum absolute atomic E-state index is 0.0897. The van der Waals surface area contributed by atoms with Gasteiger partial charge in [-0.2, -0.15) is 0 Å². The molecule has 0 atom stereocenters. The molecule has 1 aliphatic carbocycles. The number of benzene rings is 4. The molecular weight excluding hydrogens is 705 g/mol. The fraction of sp³-hybridized carbons (Fsp3) is 0.340. The molecule has 1 saturated heterocycles. The van der Waals surface area contributed by atoms with Crippen LogP contribution in [0.15, 0.2) is 131 Å².